The van der Waals surface area contributed by atoms with Crippen LogP contribution >= 0.6 is 0 Å². The summed E-state index contributed by atoms with van der Waals surface area (Å²) in [6.45, 7) is 12.9. The average molecular weight is 1500 g/mol. The van der Waals surface area contributed by atoms with Gasteiger partial charge in [-0.25, -0.2) is 5.26 Å². The Balaban J connectivity index is 0.846. The van der Waals surface area contributed by atoms with Crippen LogP contribution in [0.25, 0.3) is 44.6 Å². The number of fused-ring (bicyclic) bond motifs is 7. The second kappa shape index (κ2) is 29.6. The summed E-state index contributed by atoms with van der Waals surface area (Å²) in [6.07, 6.45) is 15.3. The molecular weight excluding hydrogens is 1430 g/mol. The third kappa shape index (κ3) is 17.7. The Kier molecular flexibility index (Phi) is 22.3. The molecule has 0 bridgehead atoms. The highest BCUT2D eigenvalue weighted by molar-refractivity contribution is 7.82. The van der Waals surface area contributed by atoms with E-state index in [4.69, 9.17) is 41.4 Å². The van der Waals surface area contributed by atoms with Crippen LogP contribution in [0.3, 0.4) is 0 Å². The molecule has 8 atom stereocenters. The molecule has 10 rings (SSSR count). The SMILES string of the molecule is Cc1cc(OCCCOc2cc(OS(=O)(=O)O)cc3oc(-c4ccc(OOO)c(OS(=O)(=O)O)c4)c(OS(=O)(=O)O)c(=O)c23)c2c(=O)c(OS(=O)(=O)O)c(-c3ccc(OS(=O)(=O)O)c(OCCCOC4CC[C@@]5(C)C(=CC[C@H]6[C@@H]7CC[C@H]([C@H](C)CCCC(C)C)[C@@]7(C)CC[C@@H]65)C4)c3)oc2c1. The number of allylic oxidation sites excluding steroid dienone is 1. The molecule has 4 aromatic carbocycles. The lowest BCUT2D eigenvalue weighted by molar-refractivity contribution is -0.439. The van der Waals surface area contributed by atoms with Crippen molar-refractivity contribution in [3.8, 4) is 74.4 Å². The molecule has 4 aliphatic carbocycles. The first-order chi connectivity index (χ1) is 46.8. The van der Waals surface area contributed by atoms with Gasteiger partial charge in [0.05, 0.1) is 32.5 Å². The largest absolute Gasteiger partial charge is 0.493 e. The Morgan fingerprint density at radius 2 is 1.09 bits per heavy atom. The van der Waals surface area contributed by atoms with Gasteiger partial charge in [0.1, 0.15) is 33.4 Å². The van der Waals surface area contributed by atoms with E-state index >= 15 is 0 Å². The second-order valence-electron chi connectivity index (χ2n) is 26.4. The molecule has 0 amide bonds. The van der Waals surface area contributed by atoms with Crippen molar-refractivity contribution in [2.24, 2.45) is 46.3 Å². The smallest absolute Gasteiger partial charge is 0.446 e. The maximum Gasteiger partial charge on any atom is 0.446 e. The molecule has 548 valence electrons. The van der Waals surface area contributed by atoms with Crippen molar-refractivity contribution in [3.63, 3.8) is 0 Å². The summed E-state index contributed by atoms with van der Waals surface area (Å²) in [5.74, 6) is -4.30. The lowest BCUT2D eigenvalue weighted by Gasteiger charge is -2.58. The summed E-state index contributed by atoms with van der Waals surface area (Å²) >= 11 is 0. The van der Waals surface area contributed by atoms with Crippen LogP contribution in [0.2, 0.25) is 0 Å². The lowest BCUT2D eigenvalue weighted by atomic mass is 9.47. The molecule has 0 radical (unpaired) electrons. The molecule has 6 N–H and O–H groups in total. The minimum Gasteiger partial charge on any atom is -0.493 e. The predicted molar refractivity (Wildman–Crippen MR) is 354 cm³/mol. The van der Waals surface area contributed by atoms with Crippen molar-refractivity contribution in [3.05, 3.63) is 98.3 Å². The van der Waals surface area contributed by atoms with Crippen molar-refractivity contribution in [2.45, 2.75) is 131 Å². The van der Waals surface area contributed by atoms with E-state index in [1.54, 1.807) is 6.92 Å². The molecule has 3 saturated carbocycles. The fourth-order valence-electron chi connectivity index (χ4n) is 15.4. The zero-order valence-electron chi connectivity index (χ0n) is 54.8. The summed E-state index contributed by atoms with van der Waals surface area (Å²) in [4.78, 5) is 33.2. The van der Waals surface area contributed by atoms with Gasteiger partial charge in [-0.2, -0.15) is 42.1 Å². The predicted octanol–water partition coefficient (Wildman–Crippen LogP) is 11.3. The van der Waals surface area contributed by atoms with Gasteiger partial charge in [-0.15, -0.1) is 0 Å². The Bertz CT molecular complexity index is 4840. The molecule has 6 aromatic rings. The van der Waals surface area contributed by atoms with E-state index in [-0.39, 0.29) is 60.2 Å². The lowest BCUT2D eigenvalue weighted by Crippen LogP contribution is -2.51. The van der Waals surface area contributed by atoms with Crippen LogP contribution in [0.15, 0.2) is 90.7 Å². The maximum atomic E-state index is 14.5. The van der Waals surface area contributed by atoms with Crippen molar-refractivity contribution in [2.75, 3.05) is 26.4 Å². The topological polar surface area (TPSA) is 454 Å². The fourth-order valence-corrected chi connectivity index (χ4v) is 17.2. The number of ether oxygens (including phenoxy) is 4. The summed E-state index contributed by atoms with van der Waals surface area (Å²) in [7, 11) is -27.1. The highest BCUT2D eigenvalue weighted by atomic mass is 32.3. The van der Waals surface area contributed by atoms with Gasteiger partial charge in [0, 0.05) is 36.1 Å². The van der Waals surface area contributed by atoms with Crippen LogP contribution in [0.5, 0.6) is 51.7 Å². The third-order valence-corrected chi connectivity index (χ3v) is 21.4. The summed E-state index contributed by atoms with van der Waals surface area (Å²) in [5.41, 5.74) is -2.20. The van der Waals surface area contributed by atoms with E-state index in [0.717, 1.165) is 79.7 Å². The average Bonchev–Trinajstić information content (AvgIpc) is 1.47. The first kappa shape index (κ1) is 75.3. The summed E-state index contributed by atoms with van der Waals surface area (Å²) in [5, 5.41) is 11.1. The van der Waals surface area contributed by atoms with Crippen molar-refractivity contribution >= 4 is 73.9 Å². The number of hydrogen-bond acceptors (Lipinski definition) is 26. The molecule has 2 heterocycles. The fraction of sp³-hybridized carbons (Fsp3) is 0.500. The van der Waals surface area contributed by atoms with Gasteiger partial charge in [0.25, 0.3) is 0 Å². The molecule has 1 unspecified atom stereocenters. The molecule has 3 fully saturated rings. The van der Waals surface area contributed by atoms with E-state index in [2.05, 4.69) is 63.2 Å². The molecular formula is C64H76O31S5. The Morgan fingerprint density at radius 3 is 1.67 bits per heavy atom. The van der Waals surface area contributed by atoms with E-state index in [1.165, 1.54) is 62.7 Å². The first-order valence-corrected chi connectivity index (χ1v) is 38.7. The van der Waals surface area contributed by atoms with Gasteiger partial charge in [0.2, 0.25) is 28.1 Å². The van der Waals surface area contributed by atoms with Gasteiger partial charge in [-0.1, -0.05) is 65.5 Å². The van der Waals surface area contributed by atoms with Gasteiger partial charge < -0.3 is 53.6 Å². The highest BCUT2D eigenvalue weighted by Gasteiger charge is 2.59. The number of benzene rings is 4. The number of aryl methyl sites for hydroxylation is 1. The molecule has 100 heavy (non-hydrogen) atoms. The zero-order chi connectivity index (χ0) is 72.7. The first-order valence-electron chi connectivity index (χ1n) is 31.9. The zero-order valence-corrected chi connectivity index (χ0v) is 58.9. The molecule has 0 aliphatic heterocycles. The standard InChI is InChI=1S/C64H76O31S5/c1-35(2)10-7-11-37(4)44-16-17-45-43-15-14-40-32-41(20-22-63(40,5)46(43)21-23-64(44,45)6)83-24-8-25-84-49-30-38(13-19-48(49)91-97(71,72)73)59-61(93-99(77,78)79)57(65)55-51(28-36(3)29-53(55)87-59)85-26-9-27-86-52-33-42(90-96(68,69)70)34-54-56(52)58(66)62(94-100(80,81)82)60(88-54)39-12-18-47(89-95-67)50(31-39)92-98(74,75)76/h12-14,18-19,28-31,33-35,37,41,43-46,67H,7-11,15-17,20-27,32H2,1-6H3,(H,68,69,70)(H,71,72,73)(H,74,75,76)(H,77,78,79)(H,80,81,82)/t37-,41?,43+,44-,45+,46+,63+,64-/m1/s1. The van der Waals surface area contributed by atoms with E-state index in [9.17, 15) is 74.4 Å². The molecule has 0 spiro atoms. The molecule has 4 aliphatic rings. The van der Waals surface area contributed by atoms with Crippen molar-refractivity contribution in [1.82, 2.24) is 0 Å². The molecule has 36 heteroatoms. The van der Waals surface area contributed by atoms with Gasteiger partial charge in [-0.05, 0) is 164 Å². The summed E-state index contributed by atoms with van der Waals surface area (Å²) < 4.78 is 228. The quantitative estimate of drug-likeness (QED) is 0.00774. The third-order valence-electron chi connectivity index (χ3n) is 19.4. The Morgan fingerprint density at radius 1 is 0.550 bits per heavy atom. The highest BCUT2D eigenvalue weighted by Crippen LogP contribution is 2.67. The van der Waals surface area contributed by atoms with E-state index < -0.39 is 150 Å². The maximum absolute atomic E-state index is 14.5. The second-order valence-corrected chi connectivity index (χ2v) is 31.5. The van der Waals surface area contributed by atoms with Crippen LogP contribution in [-0.2, 0) is 61.8 Å². The minimum absolute atomic E-state index is 0.0450. The monoisotopic (exact) mass is 1500 g/mol. The minimum atomic E-state index is -5.65. The Hall–Kier alpha value is -7.33. The van der Waals surface area contributed by atoms with E-state index in [0.29, 0.717) is 41.0 Å². The van der Waals surface area contributed by atoms with Crippen LogP contribution in [0.1, 0.15) is 124 Å². The number of hydrogen-bond donors (Lipinski definition) is 6. The van der Waals surface area contributed by atoms with Gasteiger partial charge >= 0.3 is 52.0 Å². The van der Waals surface area contributed by atoms with Crippen molar-refractivity contribution in [1.29, 1.82) is 0 Å². The van der Waals surface area contributed by atoms with Gasteiger partial charge in [0.15, 0.2) is 34.5 Å². The van der Waals surface area contributed by atoms with Crippen LogP contribution in [0, 0.1) is 53.3 Å². The molecule has 2 aromatic heterocycles. The normalized spacial score (nSPS) is 22.1. The molecule has 0 saturated heterocycles. The summed E-state index contributed by atoms with van der Waals surface area (Å²) in [6, 6.07) is 9.57. The van der Waals surface area contributed by atoms with E-state index in [1.807, 2.05) is 0 Å². The number of rotatable bonds is 31. The van der Waals surface area contributed by atoms with Crippen LogP contribution in [-0.4, -0.2) is 103 Å². The van der Waals surface area contributed by atoms with Crippen LogP contribution < -0.4 is 50.9 Å². The van der Waals surface area contributed by atoms with Crippen molar-refractivity contribution < 1.29 is 129 Å². The van der Waals surface area contributed by atoms with Gasteiger partial charge in [-0.3, -0.25) is 32.4 Å². The molecule has 31 nitrogen and oxygen atoms in total. The van der Waals surface area contributed by atoms with Crippen LogP contribution in [0.4, 0.5) is 0 Å². The Labute approximate surface area is 576 Å².